The Hall–Kier alpha value is -0.360. The van der Waals surface area contributed by atoms with Crippen LogP contribution in [0, 0.1) is 0 Å². The molecule has 57 heavy (non-hydrogen) atoms. The lowest BCUT2D eigenvalue weighted by atomic mass is 10.1. The van der Waals surface area contributed by atoms with Crippen molar-refractivity contribution in [1.29, 1.82) is 0 Å². The van der Waals surface area contributed by atoms with Crippen LogP contribution in [0.15, 0.2) is 0 Å². The van der Waals surface area contributed by atoms with Gasteiger partial charge >= 0.3 is 0 Å². The average Bonchev–Trinajstić information content (AvgIpc) is 3.25. The summed E-state index contributed by atoms with van der Waals surface area (Å²) in [5.41, 5.74) is 0. The summed E-state index contributed by atoms with van der Waals surface area (Å²) in [7, 11) is 0. The lowest BCUT2D eigenvalue weighted by molar-refractivity contribution is -0.163. The highest BCUT2D eigenvalue weighted by molar-refractivity contribution is 4.58. The summed E-state index contributed by atoms with van der Waals surface area (Å²) in [4.78, 5) is 0. The third kappa shape index (κ3) is 32.1. The van der Waals surface area contributed by atoms with E-state index in [-0.39, 0.29) is 25.2 Å². The fourth-order valence-electron chi connectivity index (χ4n) is 7.99. The van der Waals surface area contributed by atoms with E-state index in [0.717, 1.165) is 130 Å². The molecule has 0 saturated carbocycles. The smallest absolute Gasteiger partial charge is 0.159 e. The molecule has 3 heterocycles. The van der Waals surface area contributed by atoms with Crippen molar-refractivity contribution >= 4 is 0 Å². The molecule has 0 aromatic carbocycles. The quantitative estimate of drug-likeness (QED) is 0.0442. The van der Waals surface area contributed by atoms with Gasteiger partial charge in [0.1, 0.15) is 0 Å². The third-order valence-electron chi connectivity index (χ3n) is 11.7. The van der Waals surface area contributed by atoms with Crippen LogP contribution in [0.1, 0.15) is 218 Å². The van der Waals surface area contributed by atoms with Crippen LogP contribution in [0.5, 0.6) is 0 Å². The van der Waals surface area contributed by atoms with E-state index < -0.39 is 0 Å². The molecule has 3 fully saturated rings. The molecule has 3 unspecified atom stereocenters. The van der Waals surface area contributed by atoms with Gasteiger partial charge in [-0.15, -0.1) is 0 Å². The highest BCUT2D eigenvalue weighted by Gasteiger charge is 2.15. The van der Waals surface area contributed by atoms with Crippen LogP contribution in [0.25, 0.3) is 0 Å². The zero-order chi connectivity index (χ0) is 39.8. The topological polar surface area (TPSA) is 83.1 Å². The van der Waals surface area contributed by atoms with Crippen molar-refractivity contribution in [3.05, 3.63) is 0 Å². The molecule has 3 rings (SSSR count). The van der Waals surface area contributed by atoms with Gasteiger partial charge in [-0.05, 0) is 96.3 Å². The van der Waals surface area contributed by atoms with Gasteiger partial charge in [-0.25, -0.2) is 0 Å². The molecule has 9 heteroatoms. The molecule has 9 nitrogen and oxygen atoms in total. The van der Waals surface area contributed by atoms with Gasteiger partial charge in [-0.3, -0.25) is 0 Å². The van der Waals surface area contributed by atoms with Gasteiger partial charge in [0.15, 0.2) is 25.2 Å². The second-order valence-corrected chi connectivity index (χ2v) is 17.1. The Bertz CT molecular complexity index is 759. The maximum Gasteiger partial charge on any atom is 0.159 e. The molecule has 0 amide bonds. The van der Waals surface area contributed by atoms with E-state index in [1.165, 1.54) is 154 Å². The van der Waals surface area contributed by atoms with Gasteiger partial charge in [-0.1, -0.05) is 116 Å². The van der Waals surface area contributed by atoms with Crippen molar-refractivity contribution in [1.82, 2.24) is 0 Å². The number of ether oxygens (including phenoxy) is 9. The first-order valence-electron chi connectivity index (χ1n) is 24.9. The Labute approximate surface area is 351 Å². The van der Waals surface area contributed by atoms with Gasteiger partial charge in [0.25, 0.3) is 0 Å². The molecule has 338 valence electrons. The number of rotatable bonds is 41. The SMILES string of the molecule is C(CCCCCOC1CCCCO1)CCCCOCCC(OCCCCCCCCCCOC1CCCCO1)OCCCCCCCCCCOC1CCCCO1. The molecule has 0 N–H and O–H groups in total. The summed E-state index contributed by atoms with van der Waals surface area (Å²) in [6, 6.07) is 0. The van der Waals surface area contributed by atoms with E-state index in [1.807, 2.05) is 0 Å². The Morgan fingerprint density at radius 2 is 0.614 bits per heavy atom. The fourth-order valence-corrected chi connectivity index (χ4v) is 7.99. The molecule has 3 aliphatic heterocycles. The van der Waals surface area contributed by atoms with Crippen molar-refractivity contribution in [3.8, 4) is 0 Å². The fraction of sp³-hybridized carbons (Fsp3) is 1.00. The first kappa shape index (κ1) is 51.0. The highest BCUT2D eigenvalue weighted by atomic mass is 16.7. The molecule has 0 spiro atoms. The van der Waals surface area contributed by atoms with Gasteiger partial charge in [0.2, 0.25) is 0 Å². The lowest BCUT2D eigenvalue weighted by Crippen LogP contribution is -2.22. The lowest BCUT2D eigenvalue weighted by Gasteiger charge is -2.22. The largest absolute Gasteiger partial charge is 0.381 e. The minimum atomic E-state index is -0.145. The number of unbranched alkanes of at least 4 members (excludes halogenated alkanes) is 21. The van der Waals surface area contributed by atoms with E-state index in [9.17, 15) is 0 Å². The minimum absolute atomic E-state index is 0.0567. The molecule has 0 aromatic rings. The molecule has 3 saturated heterocycles. The Kier molecular flexibility index (Phi) is 35.6. The first-order valence-corrected chi connectivity index (χ1v) is 24.9. The summed E-state index contributed by atoms with van der Waals surface area (Å²) in [6.07, 6.45) is 41.4. The van der Waals surface area contributed by atoms with E-state index in [2.05, 4.69) is 0 Å². The van der Waals surface area contributed by atoms with Crippen LogP contribution in [-0.2, 0) is 42.6 Å². The van der Waals surface area contributed by atoms with Crippen LogP contribution < -0.4 is 0 Å². The van der Waals surface area contributed by atoms with Gasteiger partial charge < -0.3 is 42.6 Å². The molecule has 3 aliphatic rings. The molecule has 0 aromatic heterocycles. The van der Waals surface area contributed by atoms with E-state index >= 15 is 0 Å². The molecule has 0 radical (unpaired) electrons. The van der Waals surface area contributed by atoms with Gasteiger partial charge in [-0.2, -0.15) is 0 Å². The van der Waals surface area contributed by atoms with E-state index in [1.54, 1.807) is 0 Å². The predicted octanol–water partition coefficient (Wildman–Crippen LogP) is 12.7. The molecular formula is C48H92O9. The third-order valence-corrected chi connectivity index (χ3v) is 11.7. The monoisotopic (exact) mass is 813 g/mol. The summed E-state index contributed by atoms with van der Waals surface area (Å²) >= 11 is 0. The Balaban J connectivity index is 1.12. The van der Waals surface area contributed by atoms with Crippen molar-refractivity contribution in [2.45, 2.75) is 243 Å². The molecule has 0 bridgehead atoms. The average molecular weight is 813 g/mol. The van der Waals surface area contributed by atoms with Crippen LogP contribution >= 0.6 is 0 Å². The van der Waals surface area contributed by atoms with E-state index in [0.29, 0.717) is 0 Å². The van der Waals surface area contributed by atoms with Crippen LogP contribution in [0.4, 0.5) is 0 Å². The van der Waals surface area contributed by atoms with Gasteiger partial charge in [0.05, 0.1) is 6.61 Å². The number of hydrogen-bond donors (Lipinski definition) is 0. The van der Waals surface area contributed by atoms with Crippen molar-refractivity contribution in [3.63, 3.8) is 0 Å². The summed E-state index contributed by atoms with van der Waals surface area (Å²) in [5.74, 6) is 0. The Morgan fingerprint density at radius 3 is 0.930 bits per heavy atom. The maximum absolute atomic E-state index is 6.27. The standard InChI is InChI=1S/C48H92O9/c1(2-8-14-23-36-50-45-31-19-28-41-53-45)7-13-22-35-49-44-34-48(56-39-26-17-11-5-3-9-15-24-37-51-46-32-20-29-42-54-46)57-40-27-18-12-6-4-10-16-25-38-52-47-33-21-30-43-55-47/h45-48H,1-44H2. The van der Waals surface area contributed by atoms with Crippen molar-refractivity contribution in [2.75, 3.05) is 66.1 Å². The second-order valence-electron chi connectivity index (χ2n) is 17.1. The molecular weight excluding hydrogens is 721 g/mol. The Morgan fingerprint density at radius 1 is 0.316 bits per heavy atom. The van der Waals surface area contributed by atoms with Crippen LogP contribution in [-0.4, -0.2) is 91.2 Å². The normalized spacial score (nSPS) is 20.9. The van der Waals surface area contributed by atoms with Gasteiger partial charge in [0, 0.05) is 65.9 Å². The highest BCUT2D eigenvalue weighted by Crippen LogP contribution is 2.18. The summed E-state index contributed by atoms with van der Waals surface area (Å²) < 4.78 is 53.2. The predicted molar refractivity (Wildman–Crippen MR) is 231 cm³/mol. The summed E-state index contributed by atoms with van der Waals surface area (Å²) in [6.45, 7) is 8.27. The second kappa shape index (κ2) is 39.8. The van der Waals surface area contributed by atoms with Crippen LogP contribution in [0.2, 0.25) is 0 Å². The minimum Gasteiger partial charge on any atom is -0.381 e. The zero-order valence-electron chi connectivity index (χ0n) is 37.1. The maximum atomic E-state index is 6.27. The van der Waals surface area contributed by atoms with E-state index in [4.69, 9.17) is 42.6 Å². The van der Waals surface area contributed by atoms with Crippen LogP contribution in [0.3, 0.4) is 0 Å². The van der Waals surface area contributed by atoms with Crippen molar-refractivity contribution in [2.24, 2.45) is 0 Å². The molecule has 0 aliphatic carbocycles. The first-order chi connectivity index (χ1) is 28.4. The van der Waals surface area contributed by atoms with Crippen molar-refractivity contribution < 1.29 is 42.6 Å². The summed E-state index contributed by atoms with van der Waals surface area (Å²) in [5, 5.41) is 0. The molecule has 3 atom stereocenters. The zero-order valence-corrected chi connectivity index (χ0v) is 37.1. The number of hydrogen-bond acceptors (Lipinski definition) is 9.